The second-order valence-electron chi connectivity index (χ2n) is 3.34. The number of carbonyl (C=O) groups excluding carboxylic acids is 1. The van der Waals surface area contributed by atoms with Gasteiger partial charge in [0.2, 0.25) is 0 Å². The maximum atomic E-state index is 10.7. The molecule has 1 atom stereocenters. The first kappa shape index (κ1) is 8.88. The molecule has 70 valence electrons. The average Bonchev–Trinajstić information content (AvgIpc) is 2.27. The number of hydrogen-bond donors (Lipinski definition) is 0. The van der Waals surface area contributed by atoms with Crippen LogP contribution in [0.4, 0.5) is 0 Å². The Labute approximate surface area is 82.6 Å². The predicted octanol–water partition coefficient (Wildman–Crippen LogP) is 2.54. The van der Waals surface area contributed by atoms with Gasteiger partial charge in [0, 0.05) is 17.5 Å². The van der Waals surface area contributed by atoms with Crippen LogP contribution in [0.25, 0.3) is 10.9 Å². The quantitative estimate of drug-likeness (QED) is 0.673. The first-order valence-corrected chi connectivity index (χ1v) is 4.62. The molecule has 0 bridgehead atoms. The summed E-state index contributed by atoms with van der Waals surface area (Å²) in [6, 6.07) is 9.77. The average molecular weight is 185 g/mol. The number of carbonyl (C=O) groups is 1. The fourth-order valence-electron chi connectivity index (χ4n) is 1.59. The van der Waals surface area contributed by atoms with Gasteiger partial charge in [0.15, 0.2) is 0 Å². The normalized spacial score (nSPS) is 12.6. The molecule has 0 aliphatic rings. The largest absolute Gasteiger partial charge is 0.303 e. The lowest BCUT2D eigenvalue weighted by atomic mass is 9.99. The third kappa shape index (κ3) is 1.39. The van der Waals surface area contributed by atoms with E-state index in [-0.39, 0.29) is 5.92 Å². The fraction of sp³-hybridized carbons (Fsp3) is 0.167. The van der Waals surface area contributed by atoms with Crippen molar-refractivity contribution in [1.29, 1.82) is 0 Å². The molecule has 0 spiro atoms. The van der Waals surface area contributed by atoms with Crippen molar-refractivity contribution in [3.8, 4) is 0 Å². The maximum Gasteiger partial charge on any atom is 0.127 e. The molecule has 1 aromatic carbocycles. The van der Waals surface area contributed by atoms with E-state index in [1.807, 2.05) is 37.3 Å². The molecule has 0 amide bonds. The van der Waals surface area contributed by atoms with Crippen LogP contribution in [0.15, 0.2) is 36.5 Å². The van der Waals surface area contributed by atoms with Gasteiger partial charge in [0.05, 0.1) is 5.52 Å². The first-order chi connectivity index (χ1) is 6.83. The Morgan fingerprint density at radius 3 is 2.86 bits per heavy atom. The molecule has 0 N–H and O–H groups in total. The SMILES string of the molecule is CC(C=O)c1ccnc2ccccc12. The van der Waals surface area contributed by atoms with Crippen molar-refractivity contribution < 1.29 is 4.79 Å². The van der Waals surface area contributed by atoms with E-state index in [1.165, 1.54) is 0 Å². The Hall–Kier alpha value is -1.70. The highest BCUT2D eigenvalue weighted by atomic mass is 16.1. The molecule has 0 saturated carbocycles. The van der Waals surface area contributed by atoms with E-state index in [1.54, 1.807) is 6.20 Å². The predicted molar refractivity (Wildman–Crippen MR) is 56.2 cm³/mol. The zero-order valence-electron chi connectivity index (χ0n) is 7.97. The van der Waals surface area contributed by atoms with Gasteiger partial charge >= 0.3 is 0 Å². The van der Waals surface area contributed by atoms with Crippen LogP contribution in [-0.4, -0.2) is 11.3 Å². The summed E-state index contributed by atoms with van der Waals surface area (Å²) in [5.41, 5.74) is 1.99. The number of nitrogens with zero attached hydrogens (tertiary/aromatic N) is 1. The summed E-state index contributed by atoms with van der Waals surface area (Å²) in [7, 11) is 0. The first-order valence-electron chi connectivity index (χ1n) is 4.62. The molecule has 1 aromatic heterocycles. The van der Waals surface area contributed by atoms with Gasteiger partial charge in [0.1, 0.15) is 6.29 Å². The summed E-state index contributed by atoms with van der Waals surface area (Å²) in [5, 5.41) is 1.06. The van der Waals surface area contributed by atoms with Gasteiger partial charge in [-0.2, -0.15) is 0 Å². The van der Waals surface area contributed by atoms with Crippen LogP contribution in [0, 0.1) is 0 Å². The second-order valence-corrected chi connectivity index (χ2v) is 3.34. The molecule has 14 heavy (non-hydrogen) atoms. The molecule has 2 rings (SSSR count). The smallest absolute Gasteiger partial charge is 0.127 e. The van der Waals surface area contributed by atoms with Crippen LogP contribution in [0.2, 0.25) is 0 Å². The summed E-state index contributed by atoms with van der Waals surface area (Å²) in [4.78, 5) is 15.0. The summed E-state index contributed by atoms with van der Waals surface area (Å²) in [6.45, 7) is 1.90. The molecular formula is C12H11NO. The van der Waals surface area contributed by atoms with Gasteiger partial charge in [-0.25, -0.2) is 0 Å². The summed E-state index contributed by atoms with van der Waals surface area (Å²) < 4.78 is 0. The summed E-state index contributed by atoms with van der Waals surface area (Å²) in [5.74, 6) is -0.0668. The van der Waals surface area contributed by atoms with E-state index in [0.29, 0.717) is 0 Å². The Kier molecular flexibility index (Phi) is 2.27. The number of pyridine rings is 1. The van der Waals surface area contributed by atoms with Crippen molar-refractivity contribution in [3.05, 3.63) is 42.1 Å². The highest BCUT2D eigenvalue weighted by Gasteiger charge is 2.07. The molecule has 0 aliphatic carbocycles. The number of aromatic nitrogens is 1. The molecule has 2 nitrogen and oxygen atoms in total. The standard InChI is InChI=1S/C12H11NO/c1-9(8-14)10-6-7-13-12-5-3-2-4-11(10)12/h2-9H,1H3. The molecular weight excluding hydrogens is 174 g/mol. The molecule has 0 saturated heterocycles. The molecule has 0 fully saturated rings. The van der Waals surface area contributed by atoms with Gasteiger partial charge in [-0.3, -0.25) is 4.98 Å². The molecule has 2 aromatic rings. The van der Waals surface area contributed by atoms with E-state index in [0.717, 1.165) is 22.8 Å². The van der Waals surface area contributed by atoms with Crippen molar-refractivity contribution in [1.82, 2.24) is 4.98 Å². The Balaban J connectivity index is 2.70. The van der Waals surface area contributed by atoms with E-state index in [4.69, 9.17) is 0 Å². The molecule has 0 aliphatic heterocycles. The number of fused-ring (bicyclic) bond motifs is 1. The van der Waals surface area contributed by atoms with Gasteiger partial charge in [-0.15, -0.1) is 0 Å². The minimum absolute atomic E-state index is 0.0668. The number of hydrogen-bond acceptors (Lipinski definition) is 2. The van der Waals surface area contributed by atoms with Crippen molar-refractivity contribution >= 4 is 17.2 Å². The van der Waals surface area contributed by atoms with Crippen molar-refractivity contribution in [2.24, 2.45) is 0 Å². The van der Waals surface area contributed by atoms with Gasteiger partial charge in [-0.1, -0.05) is 25.1 Å². The topological polar surface area (TPSA) is 30.0 Å². The minimum Gasteiger partial charge on any atom is -0.303 e. The van der Waals surface area contributed by atoms with Crippen LogP contribution < -0.4 is 0 Å². The van der Waals surface area contributed by atoms with Crippen LogP contribution in [0.3, 0.4) is 0 Å². The lowest BCUT2D eigenvalue weighted by molar-refractivity contribution is -0.108. The lowest BCUT2D eigenvalue weighted by Crippen LogP contribution is -1.96. The summed E-state index contributed by atoms with van der Waals surface area (Å²) >= 11 is 0. The van der Waals surface area contributed by atoms with Crippen molar-refractivity contribution in [3.63, 3.8) is 0 Å². The number of aldehydes is 1. The highest BCUT2D eigenvalue weighted by Crippen LogP contribution is 2.22. The Bertz CT molecular complexity index is 459. The Morgan fingerprint density at radius 2 is 2.07 bits per heavy atom. The zero-order valence-corrected chi connectivity index (χ0v) is 7.97. The van der Waals surface area contributed by atoms with E-state index >= 15 is 0 Å². The molecule has 0 radical (unpaired) electrons. The van der Waals surface area contributed by atoms with Crippen LogP contribution in [0.5, 0.6) is 0 Å². The highest BCUT2D eigenvalue weighted by molar-refractivity contribution is 5.85. The van der Waals surface area contributed by atoms with Crippen LogP contribution in [-0.2, 0) is 4.79 Å². The number of benzene rings is 1. The minimum atomic E-state index is -0.0668. The van der Waals surface area contributed by atoms with E-state index in [9.17, 15) is 4.79 Å². The zero-order chi connectivity index (χ0) is 9.97. The Morgan fingerprint density at radius 1 is 1.29 bits per heavy atom. The van der Waals surface area contributed by atoms with Crippen LogP contribution in [0.1, 0.15) is 18.4 Å². The molecule has 1 heterocycles. The summed E-state index contributed by atoms with van der Waals surface area (Å²) in [6.07, 6.45) is 2.71. The monoisotopic (exact) mass is 185 g/mol. The van der Waals surface area contributed by atoms with E-state index in [2.05, 4.69) is 4.98 Å². The van der Waals surface area contributed by atoms with Gasteiger partial charge in [-0.05, 0) is 17.7 Å². The molecule has 1 unspecified atom stereocenters. The fourth-order valence-corrected chi connectivity index (χ4v) is 1.59. The third-order valence-electron chi connectivity index (χ3n) is 2.38. The number of rotatable bonds is 2. The molecule has 2 heteroatoms. The van der Waals surface area contributed by atoms with Crippen LogP contribution >= 0.6 is 0 Å². The van der Waals surface area contributed by atoms with Gasteiger partial charge < -0.3 is 4.79 Å². The van der Waals surface area contributed by atoms with Crippen molar-refractivity contribution in [2.45, 2.75) is 12.8 Å². The van der Waals surface area contributed by atoms with E-state index < -0.39 is 0 Å². The number of para-hydroxylation sites is 1. The maximum absolute atomic E-state index is 10.7. The third-order valence-corrected chi connectivity index (χ3v) is 2.38. The van der Waals surface area contributed by atoms with Gasteiger partial charge in [0.25, 0.3) is 0 Å². The second kappa shape index (κ2) is 3.58. The lowest BCUT2D eigenvalue weighted by Gasteiger charge is -2.07. The van der Waals surface area contributed by atoms with Crippen molar-refractivity contribution in [2.75, 3.05) is 0 Å².